The van der Waals surface area contributed by atoms with Crippen LogP contribution in [0.25, 0.3) is 16.7 Å². The number of rotatable bonds is 4. The smallest absolute Gasteiger partial charge is 0.307 e. The van der Waals surface area contributed by atoms with Gasteiger partial charge in [-0.05, 0) is 41.3 Å². The Morgan fingerprint density at radius 3 is 2.45 bits per heavy atom. The quantitative estimate of drug-likeness (QED) is 0.895. The van der Waals surface area contributed by atoms with E-state index in [1.807, 2.05) is 31.2 Å². The Labute approximate surface area is 117 Å². The number of allylic oxidation sites excluding steroid dienone is 1. The molecule has 0 aliphatic rings. The summed E-state index contributed by atoms with van der Waals surface area (Å²) in [6.45, 7) is 1.88. The summed E-state index contributed by atoms with van der Waals surface area (Å²) in [6, 6.07) is 14.0. The van der Waals surface area contributed by atoms with Crippen LogP contribution in [0.1, 0.15) is 18.9 Å². The fraction of sp³-hybridized carbons (Fsp3) is 0.118. The molecule has 0 bridgehead atoms. The summed E-state index contributed by atoms with van der Waals surface area (Å²) < 4.78 is 13.0. The van der Waals surface area contributed by atoms with Crippen molar-refractivity contribution in [2.24, 2.45) is 0 Å². The third kappa shape index (κ3) is 3.32. The third-order valence-electron chi connectivity index (χ3n) is 3.09. The standard InChI is InChI=1S/C17H15FO2/c1-12(6-11-17(19)20)15-4-2-3-5-16(15)13-7-9-14(18)10-8-13/h2-10H,11H2,1H3,(H,19,20)/b12-6-. The molecule has 2 nitrogen and oxygen atoms in total. The van der Waals surface area contributed by atoms with Crippen molar-refractivity contribution in [3.8, 4) is 11.1 Å². The first-order chi connectivity index (χ1) is 9.58. The van der Waals surface area contributed by atoms with E-state index in [2.05, 4.69) is 0 Å². The van der Waals surface area contributed by atoms with Crippen LogP contribution in [0.2, 0.25) is 0 Å². The summed E-state index contributed by atoms with van der Waals surface area (Å²) in [7, 11) is 0. The van der Waals surface area contributed by atoms with Crippen molar-refractivity contribution in [1.29, 1.82) is 0 Å². The van der Waals surface area contributed by atoms with Crippen molar-refractivity contribution in [2.45, 2.75) is 13.3 Å². The van der Waals surface area contributed by atoms with Crippen LogP contribution >= 0.6 is 0 Å². The fourth-order valence-corrected chi connectivity index (χ4v) is 2.06. The molecule has 0 fully saturated rings. The topological polar surface area (TPSA) is 37.3 Å². The zero-order valence-corrected chi connectivity index (χ0v) is 11.1. The molecule has 0 aromatic heterocycles. The van der Waals surface area contributed by atoms with Crippen LogP contribution in [0.4, 0.5) is 4.39 Å². The second-order valence-electron chi connectivity index (χ2n) is 4.54. The number of carboxylic acid groups (broad SMARTS) is 1. The molecule has 2 aromatic rings. The summed E-state index contributed by atoms with van der Waals surface area (Å²) in [5.74, 6) is -1.13. The molecule has 0 saturated carbocycles. The molecule has 2 aromatic carbocycles. The molecule has 3 heteroatoms. The van der Waals surface area contributed by atoms with E-state index in [0.717, 1.165) is 22.3 Å². The first-order valence-electron chi connectivity index (χ1n) is 6.32. The van der Waals surface area contributed by atoms with Crippen molar-refractivity contribution in [3.05, 3.63) is 66.0 Å². The van der Waals surface area contributed by atoms with Gasteiger partial charge in [-0.2, -0.15) is 0 Å². The predicted octanol–water partition coefficient (Wildman–Crippen LogP) is 4.37. The number of aliphatic carboxylic acids is 1. The summed E-state index contributed by atoms with van der Waals surface area (Å²) in [4.78, 5) is 10.6. The highest BCUT2D eigenvalue weighted by Gasteiger charge is 2.06. The van der Waals surface area contributed by atoms with Gasteiger partial charge in [0.15, 0.2) is 0 Å². The minimum Gasteiger partial charge on any atom is -0.481 e. The highest BCUT2D eigenvalue weighted by Crippen LogP contribution is 2.29. The minimum atomic E-state index is -0.858. The lowest BCUT2D eigenvalue weighted by atomic mass is 9.95. The molecule has 0 unspecified atom stereocenters. The fourth-order valence-electron chi connectivity index (χ4n) is 2.06. The molecule has 0 aliphatic carbocycles. The Bertz CT molecular complexity index is 642. The Morgan fingerprint density at radius 2 is 1.80 bits per heavy atom. The summed E-state index contributed by atoms with van der Waals surface area (Å²) in [6.07, 6.45) is 1.67. The van der Waals surface area contributed by atoms with E-state index in [-0.39, 0.29) is 12.2 Å². The van der Waals surface area contributed by atoms with E-state index >= 15 is 0 Å². The van der Waals surface area contributed by atoms with Gasteiger partial charge in [0.25, 0.3) is 0 Å². The highest BCUT2D eigenvalue weighted by atomic mass is 19.1. The second kappa shape index (κ2) is 6.15. The van der Waals surface area contributed by atoms with E-state index in [0.29, 0.717) is 0 Å². The molecular formula is C17H15FO2. The largest absolute Gasteiger partial charge is 0.481 e. The van der Waals surface area contributed by atoms with Crippen LogP contribution in [0.3, 0.4) is 0 Å². The van der Waals surface area contributed by atoms with Crippen molar-refractivity contribution < 1.29 is 14.3 Å². The van der Waals surface area contributed by atoms with Gasteiger partial charge in [-0.3, -0.25) is 4.79 Å². The SMILES string of the molecule is C/C(=C/CC(=O)O)c1ccccc1-c1ccc(F)cc1. The predicted molar refractivity (Wildman–Crippen MR) is 77.7 cm³/mol. The molecule has 0 atom stereocenters. The second-order valence-corrected chi connectivity index (χ2v) is 4.54. The van der Waals surface area contributed by atoms with Crippen LogP contribution < -0.4 is 0 Å². The zero-order chi connectivity index (χ0) is 14.5. The van der Waals surface area contributed by atoms with Crippen LogP contribution in [0.15, 0.2) is 54.6 Å². The molecule has 102 valence electrons. The molecule has 0 amide bonds. The van der Waals surface area contributed by atoms with Crippen LogP contribution in [-0.4, -0.2) is 11.1 Å². The molecule has 20 heavy (non-hydrogen) atoms. The maximum Gasteiger partial charge on any atom is 0.307 e. The maximum absolute atomic E-state index is 13.0. The molecule has 0 saturated heterocycles. The summed E-state index contributed by atoms with van der Waals surface area (Å²) in [5.41, 5.74) is 3.73. The molecule has 0 aliphatic heterocycles. The van der Waals surface area contributed by atoms with Crippen molar-refractivity contribution in [2.75, 3.05) is 0 Å². The minimum absolute atomic E-state index is 0.0103. The number of carboxylic acids is 1. The number of benzene rings is 2. The average molecular weight is 270 g/mol. The molecule has 0 heterocycles. The van der Waals surface area contributed by atoms with Gasteiger partial charge >= 0.3 is 5.97 Å². The summed E-state index contributed by atoms with van der Waals surface area (Å²) in [5, 5.41) is 8.74. The lowest BCUT2D eigenvalue weighted by Crippen LogP contribution is -1.92. The van der Waals surface area contributed by atoms with Crippen molar-refractivity contribution >= 4 is 11.5 Å². The normalized spacial score (nSPS) is 11.4. The van der Waals surface area contributed by atoms with Gasteiger partial charge in [0, 0.05) is 0 Å². The van der Waals surface area contributed by atoms with Crippen LogP contribution in [0.5, 0.6) is 0 Å². The van der Waals surface area contributed by atoms with E-state index in [1.165, 1.54) is 12.1 Å². The molecule has 1 N–H and O–H groups in total. The van der Waals surface area contributed by atoms with Gasteiger partial charge in [0.05, 0.1) is 6.42 Å². The number of hydrogen-bond acceptors (Lipinski definition) is 1. The van der Waals surface area contributed by atoms with E-state index < -0.39 is 5.97 Å². The zero-order valence-electron chi connectivity index (χ0n) is 11.1. The molecule has 2 rings (SSSR count). The Balaban J connectivity index is 2.42. The van der Waals surface area contributed by atoms with Crippen LogP contribution in [0, 0.1) is 5.82 Å². The highest BCUT2D eigenvalue weighted by molar-refractivity contribution is 5.82. The molecule has 0 spiro atoms. The van der Waals surface area contributed by atoms with Gasteiger partial charge in [-0.1, -0.05) is 42.5 Å². The van der Waals surface area contributed by atoms with Crippen molar-refractivity contribution in [1.82, 2.24) is 0 Å². The van der Waals surface area contributed by atoms with Gasteiger partial charge < -0.3 is 5.11 Å². The van der Waals surface area contributed by atoms with Gasteiger partial charge in [0.1, 0.15) is 5.82 Å². The van der Waals surface area contributed by atoms with E-state index in [1.54, 1.807) is 18.2 Å². The Morgan fingerprint density at radius 1 is 1.15 bits per heavy atom. The average Bonchev–Trinajstić information content (AvgIpc) is 2.45. The van der Waals surface area contributed by atoms with Gasteiger partial charge in [-0.25, -0.2) is 4.39 Å². The number of carbonyl (C=O) groups is 1. The first kappa shape index (κ1) is 14.0. The van der Waals surface area contributed by atoms with Crippen LogP contribution in [-0.2, 0) is 4.79 Å². The monoisotopic (exact) mass is 270 g/mol. The Kier molecular flexibility index (Phi) is 4.31. The van der Waals surface area contributed by atoms with Crippen molar-refractivity contribution in [3.63, 3.8) is 0 Å². The first-order valence-corrected chi connectivity index (χ1v) is 6.32. The molecular weight excluding hydrogens is 255 g/mol. The lowest BCUT2D eigenvalue weighted by molar-refractivity contribution is -0.135. The van der Waals surface area contributed by atoms with E-state index in [9.17, 15) is 9.18 Å². The van der Waals surface area contributed by atoms with Gasteiger partial charge in [-0.15, -0.1) is 0 Å². The number of hydrogen-bond donors (Lipinski definition) is 1. The summed E-state index contributed by atoms with van der Waals surface area (Å²) >= 11 is 0. The Hall–Kier alpha value is -2.42. The third-order valence-corrected chi connectivity index (χ3v) is 3.09. The maximum atomic E-state index is 13.0. The van der Waals surface area contributed by atoms with E-state index in [4.69, 9.17) is 5.11 Å². The molecule has 0 radical (unpaired) electrons. The number of halogens is 1. The lowest BCUT2D eigenvalue weighted by Gasteiger charge is -2.10. The van der Waals surface area contributed by atoms with Gasteiger partial charge in [0.2, 0.25) is 0 Å².